The SMILES string of the molecule is CNC(c1ccc2[nH]c(=O)oc2c1)c1c(F)cccc1F. The highest BCUT2D eigenvalue weighted by atomic mass is 19.1. The molecule has 0 fully saturated rings. The molecule has 1 heterocycles. The third-order valence-corrected chi connectivity index (χ3v) is 3.36. The van der Waals surface area contributed by atoms with Crippen molar-refractivity contribution in [1.82, 2.24) is 10.3 Å². The third-order valence-electron chi connectivity index (χ3n) is 3.36. The van der Waals surface area contributed by atoms with E-state index in [1.807, 2.05) is 0 Å². The molecule has 2 aromatic carbocycles. The van der Waals surface area contributed by atoms with Crippen LogP contribution in [0.15, 0.2) is 45.6 Å². The van der Waals surface area contributed by atoms with Crippen LogP contribution in [0.5, 0.6) is 0 Å². The maximum atomic E-state index is 13.9. The lowest BCUT2D eigenvalue weighted by atomic mass is 9.97. The highest BCUT2D eigenvalue weighted by molar-refractivity contribution is 5.73. The van der Waals surface area contributed by atoms with Gasteiger partial charge < -0.3 is 9.73 Å². The van der Waals surface area contributed by atoms with Gasteiger partial charge in [-0.1, -0.05) is 12.1 Å². The molecule has 21 heavy (non-hydrogen) atoms. The third kappa shape index (κ3) is 2.34. The van der Waals surface area contributed by atoms with Crippen molar-refractivity contribution in [3.8, 4) is 0 Å². The predicted octanol–water partition coefficient (Wildman–Crippen LogP) is 2.71. The highest BCUT2D eigenvalue weighted by Gasteiger charge is 2.21. The fourth-order valence-electron chi connectivity index (χ4n) is 2.41. The summed E-state index contributed by atoms with van der Waals surface area (Å²) in [7, 11) is 1.61. The number of benzene rings is 2. The number of oxazole rings is 1. The van der Waals surface area contributed by atoms with Gasteiger partial charge in [-0.2, -0.15) is 0 Å². The lowest BCUT2D eigenvalue weighted by molar-refractivity contribution is 0.521. The second kappa shape index (κ2) is 5.14. The average Bonchev–Trinajstić information content (AvgIpc) is 2.82. The second-order valence-corrected chi connectivity index (χ2v) is 4.63. The van der Waals surface area contributed by atoms with Crippen molar-refractivity contribution in [2.45, 2.75) is 6.04 Å². The van der Waals surface area contributed by atoms with Crippen molar-refractivity contribution in [1.29, 1.82) is 0 Å². The van der Waals surface area contributed by atoms with Gasteiger partial charge in [-0.3, -0.25) is 4.98 Å². The van der Waals surface area contributed by atoms with Gasteiger partial charge in [-0.05, 0) is 36.9 Å². The summed E-state index contributed by atoms with van der Waals surface area (Å²) in [5.41, 5.74) is 1.40. The van der Waals surface area contributed by atoms with Gasteiger partial charge in [-0.25, -0.2) is 13.6 Å². The Bertz CT molecular complexity index is 834. The van der Waals surface area contributed by atoms with Crippen molar-refractivity contribution in [3.05, 3.63) is 69.7 Å². The first-order valence-electron chi connectivity index (χ1n) is 6.34. The van der Waals surface area contributed by atoms with Crippen LogP contribution in [0.2, 0.25) is 0 Å². The highest BCUT2D eigenvalue weighted by Crippen LogP contribution is 2.28. The van der Waals surface area contributed by atoms with E-state index in [-0.39, 0.29) is 5.56 Å². The zero-order valence-corrected chi connectivity index (χ0v) is 11.1. The van der Waals surface area contributed by atoms with E-state index >= 15 is 0 Å². The van der Waals surface area contributed by atoms with Gasteiger partial charge in [0.15, 0.2) is 5.58 Å². The summed E-state index contributed by atoms with van der Waals surface area (Å²) in [6.07, 6.45) is 0. The number of fused-ring (bicyclic) bond motifs is 1. The summed E-state index contributed by atoms with van der Waals surface area (Å²) in [5, 5.41) is 2.88. The van der Waals surface area contributed by atoms with Crippen LogP contribution in [0.3, 0.4) is 0 Å². The van der Waals surface area contributed by atoms with Crippen LogP contribution in [0.25, 0.3) is 11.1 Å². The Labute approximate surface area is 118 Å². The molecule has 0 radical (unpaired) electrons. The van der Waals surface area contributed by atoms with Crippen molar-refractivity contribution in [3.63, 3.8) is 0 Å². The Morgan fingerprint density at radius 1 is 1.19 bits per heavy atom. The number of aromatic amines is 1. The molecule has 0 aliphatic heterocycles. The molecular formula is C15H12F2N2O2. The number of hydrogen-bond acceptors (Lipinski definition) is 3. The fourth-order valence-corrected chi connectivity index (χ4v) is 2.41. The van der Waals surface area contributed by atoms with E-state index < -0.39 is 23.4 Å². The van der Waals surface area contributed by atoms with Crippen molar-refractivity contribution >= 4 is 11.1 Å². The first kappa shape index (κ1) is 13.5. The number of nitrogens with one attached hydrogen (secondary N) is 2. The topological polar surface area (TPSA) is 58.0 Å². The van der Waals surface area contributed by atoms with E-state index in [1.54, 1.807) is 25.2 Å². The van der Waals surface area contributed by atoms with E-state index in [0.29, 0.717) is 16.7 Å². The van der Waals surface area contributed by atoms with Gasteiger partial charge in [0.25, 0.3) is 0 Å². The number of aromatic nitrogens is 1. The van der Waals surface area contributed by atoms with Gasteiger partial charge in [0.1, 0.15) is 11.6 Å². The van der Waals surface area contributed by atoms with Crippen molar-refractivity contribution in [2.24, 2.45) is 0 Å². The molecule has 1 unspecified atom stereocenters. The van der Waals surface area contributed by atoms with Gasteiger partial charge in [0.05, 0.1) is 11.6 Å². The van der Waals surface area contributed by atoms with Crippen LogP contribution in [-0.2, 0) is 0 Å². The molecule has 108 valence electrons. The molecular weight excluding hydrogens is 278 g/mol. The van der Waals surface area contributed by atoms with Crippen LogP contribution in [0, 0.1) is 11.6 Å². The van der Waals surface area contributed by atoms with E-state index in [4.69, 9.17) is 4.42 Å². The maximum Gasteiger partial charge on any atom is 0.417 e. The maximum absolute atomic E-state index is 13.9. The fraction of sp³-hybridized carbons (Fsp3) is 0.133. The van der Waals surface area contributed by atoms with Crippen molar-refractivity contribution < 1.29 is 13.2 Å². The van der Waals surface area contributed by atoms with Crippen LogP contribution in [0.1, 0.15) is 17.2 Å². The molecule has 3 rings (SSSR count). The summed E-state index contributed by atoms with van der Waals surface area (Å²) in [5.74, 6) is -1.84. The van der Waals surface area contributed by atoms with Gasteiger partial charge in [0.2, 0.25) is 0 Å². The molecule has 1 atom stereocenters. The Kier molecular flexibility index (Phi) is 3.31. The van der Waals surface area contributed by atoms with E-state index in [9.17, 15) is 13.6 Å². The summed E-state index contributed by atoms with van der Waals surface area (Å²) in [6.45, 7) is 0. The molecule has 0 saturated heterocycles. The van der Waals surface area contributed by atoms with Gasteiger partial charge >= 0.3 is 5.76 Å². The summed E-state index contributed by atoms with van der Waals surface area (Å²) >= 11 is 0. The minimum absolute atomic E-state index is 0.0720. The van der Waals surface area contributed by atoms with Crippen LogP contribution in [-0.4, -0.2) is 12.0 Å². The molecule has 0 spiro atoms. The molecule has 1 aromatic heterocycles. The number of hydrogen-bond donors (Lipinski definition) is 2. The lowest BCUT2D eigenvalue weighted by Gasteiger charge is -2.18. The molecule has 0 aliphatic carbocycles. The monoisotopic (exact) mass is 290 g/mol. The standard InChI is InChI=1S/C15H12F2N2O2/c1-18-14(13-9(16)3-2-4-10(13)17)8-5-6-11-12(7-8)21-15(20)19-11/h2-7,14,18H,1H3,(H,19,20). The quantitative estimate of drug-likeness (QED) is 0.779. The van der Waals surface area contributed by atoms with E-state index in [2.05, 4.69) is 10.3 Å². The Morgan fingerprint density at radius 3 is 2.57 bits per heavy atom. The molecule has 3 aromatic rings. The molecule has 0 bridgehead atoms. The molecule has 0 aliphatic rings. The molecule has 0 amide bonds. The normalized spacial score (nSPS) is 12.7. The van der Waals surface area contributed by atoms with Crippen LogP contribution >= 0.6 is 0 Å². The van der Waals surface area contributed by atoms with Gasteiger partial charge in [-0.15, -0.1) is 0 Å². The van der Waals surface area contributed by atoms with E-state index in [1.165, 1.54) is 18.2 Å². The summed E-state index contributed by atoms with van der Waals surface area (Å²) in [6, 6.07) is 7.94. The molecule has 2 N–H and O–H groups in total. The minimum atomic E-state index is -0.684. The Morgan fingerprint density at radius 2 is 1.90 bits per heavy atom. The Balaban J connectivity index is 2.15. The predicted molar refractivity (Wildman–Crippen MR) is 74.1 cm³/mol. The van der Waals surface area contributed by atoms with Crippen molar-refractivity contribution in [2.75, 3.05) is 7.05 Å². The zero-order chi connectivity index (χ0) is 15.0. The molecule has 4 nitrogen and oxygen atoms in total. The van der Waals surface area contributed by atoms with Crippen LogP contribution < -0.4 is 11.1 Å². The summed E-state index contributed by atoms with van der Waals surface area (Å²) < 4.78 is 32.8. The molecule has 0 saturated carbocycles. The summed E-state index contributed by atoms with van der Waals surface area (Å²) in [4.78, 5) is 13.7. The first-order valence-corrected chi connectivity index (χ1v) is 6.34. The smallest absolute Gasteiger partial charge is 0.408 e. The largest absolute Gasteiger partial charge is 0.417 e. The second-order valence-electron chi connectivity index (χ2n) is 4.63. The number of H-pyrrole nitrogens is 1. The lowest BCUT2D eigenvalue weighted by Crippen LogP contribution is -2.20. The van der Waals surface area contributed by atoms with Gasteiger partial charge in [0, 0.05) is 5.56 Å². The van der Waals surface area contributed by atoms with Crippen LogP contribution in [0.4, 0.5) is 8.78 Å². The first-order chi connectivity index (χ1) is 10.1. The zero-order valence-electron chi connectivity index (χ0n) is 11.1. The van der Waals surface area contributed by atoms with E-state index in [0.717, 1.165) is 0 Å². The number of rotatable bonds is 3. The Hall–Kier alpha value is -2.47. The average molecular weight is 290 g/mol. The molecule has 6 heteroatoms. The minimum Gasteiger partial charge on any atom is -0.408 e. The number of halogens is 2.